The minimum atomic E-state index is -0.800. The van der Waals surface area contributed by atoms with Gasteiger partial charge in [0.05, 0.1) is 48.1 Å². The average Bonchev–Trinajstić information content (AvgIpc) is 2.91. The minimum Gasteiger partial charge on any atom is -0.496 e. The molecule has 2 aliphatic rings. The Morgan fingerprint density at radius 2 is 1.17 bits per heavy atom. The molecule has 0 radical (unpaired) electrons. The predicted molar refractivity (Wildman–Crippen MR) is 133 cm³/mol. The number of benzene rings is 2. The van der Waals surface area contributed by atoms with Crippen molar-refractivity contribution in [3.8, 4) is 23.0 Å². The molecule has 0 fully saturated rings. The highest BCUT2D eigenvalue weighted by molar-refractivity contribution is 5.58. The van der Waals surface area contributed by atoms with E-state index in [0.717, 1.165) is 22.3 Å². The van der Waals surface area contributed by atoms with Crippen LogP contribution in [0.25, 0.3) is 0 Å². The lowest BCUT2D eigenvalue weighted by Crippen LogP contribution is -2.37. The zero-order valence-electron chi connectivity index (χ0n) is 20.8. The van der Waals surface area contributed by atoms with Crippen molar-refractivity contribution in [1.82, 2.24) is 9.97 Å². The van der Waals surface area contributed by atoms with Gasteiger partial charge in [0.1, 0.15) is 41.0 Å². The van der Waals surface area contributed by atoms with E-state index < -0.39 is 12.2 Å². The molecule has 2 aliphatic heterocycles. The number of ether oxygens (including phenoxy) is 4. The molecule has 0 saturated heterocycles. The van der Waals surface area contributed by atoms with Crippen molar-refractivity contribution in [3.63, 3.8) is 0 Å². The van der Waals surface area contributed by atoms with Crippen LogP contribution in [-0.4, -0.2) is 61.7 Å². The van der Waals surface area contributed by atoms with Crippen LogP contribution in [0, 0.1) is 0 Å². The van der Waals surface area contributed by atoms with Crippen molar-refractivity contribution < 1.29 is 29.2 Å². The standard InChI is InChI=1S/C26H30N4O6/c1-33-19-5-7-21(35-3)24-15(19)11-29(13-17(24)31)23-9-10-27-26(28-23)30-12-16-20(34-2)6-8-22(36-4)25(16)18(32)14-30/h5-10,17-18,31-32H,11-14H2,1-4H3. The van der Waals surface area contributed by atoms with Gasteiger partial charge < -0.3 is 39.0 Å². The molecule has 2 N–H and O–H groups in total. The first kappa shape index (κ1) is 24.0. The largest absolute Gasteiger partial charge is 0.496 e. The maximum atomic E-state index is 11.0. The second kappa shape index (κ2) is 9.71. The molecule has 10 heteroatoms. The summed E-state index contributed by atoms with van der Waals surface area (Å²) in [5, 5.41) is 22.0. The summed E-state index contributed by atoms with van der Waals surface area (Å²) in [6, 6.07) is 9.09. The van der Waals surface area contributed by atoms with Gasteiger partial charge in [-0.05, 0) is 30.3 Å². The van der Waals surface area contributed by atoms with Gasteiger partial charge in [-0.25, -0.2) is 4.98 Å². The molecule has 2 unspecified atom stereocenters. The molecule has 10 nitrogen and oxygen atoms in total. The maximum absolute atomic E-state index is 11.0. The van der Waals surface area contributed by atoms with E-state index in [1.807, 2.05) is 34.1 Å². The fourth-order valence-corrected chi connectivity index (χ4v) is 5.15. The smallest absolute Gasteiger partial charge is 0.227 e. The highest BCUT2D eigenvalue weighted by atomic mass is 16.5. The van der Waals surface area contributed by atoms with Gasteiger partial charge in [0, 0.05) is 35.0 Å². The van der Waals surface area contributed by atoms with Gasteiger partial charge in [0.2, 0.25) is 5.95 Å². The highest BCUT2D eigenvalue weighted by Crippen LogP contribution is 2.42. The third kappa shape index (κ3) is 4.02. The first-order valence-electron chi connectivity index (χ1n) is 11.7. The van der Waals surface area contributed by atoms with Crippen LogP contribution in [0.3, 0.4) is 0 Å². The van der Waals surface area contributed by atoms with Gasteiger partial charge in [-0.1, -0.05) is 0 Å². The van der Waals surface area contributed by atoms with Crippen molar-refractivity contribution in [2.75, 3.05) is 51.3 Å². The summed E-state index contributed by atoms with van der Waals surface area (Å²) in [7, 11) is 6.39. The van der Waals surface area contributed by atoms with Crippen molar-refractivity contribution in [1.29, 1.82) is 0 Å². The molecule has 2 atom stereocenters. The Balaban J connectivity index is 1.47. The summed E-state index contributed by atoms with van der Waals surface area (Å²) in [5.74, 6) is 3.74. The molecule has 3 heterocycles. The average molecular weight is 495 g/mol. The fraction of sp³-hybridized carbons (Fsp3) is 0.385. The summed E-state index contributed by atoms with van der Waals surface area (Å²) in [5.41, 5.74) is 3.15. The van der Waals surface area contributed by atoms with Gasteiger partial charge in [0.15, 0.2) is 0 Å². The molecular weight excluding hydrogens is 464 g/mol. The number of rotatable bonds is 6. The molecule has 0 aliphatic carbocycles. The third-order valence-electron chi connectivity index (χ3n) is 6.81. The molecule has 0 spiro atoms. The molecule has 5 rings (SSSR count). The van der Waals surface area contributed by atoms with Crippen LogP contribution in [0.2, 0.25) is 0 Å². The molecule has 3 aromatic rings. The zero-order valence-corrected chi connectivity index (χ0v) is 20.8. The number of hydrogen-bond acceptors (Lipinski definition) is 10. The van der Waals surface area contributed by atoms with Crippen LogP contribution < -0.4 is 28.7 Å². The van der Waals surface area contributed by atoms with Gasteiger partial charge in [-0.3, -0.25) is 0 Å². The predicted octanol–water partition coefficient (Wildman–Crippen LogP) is 2.62. The van der Waals surface area contributed by atoms with E-state index in [4.69, 9.17) is 23.9 Å². The molecule has 190 valence electrons. The Morgan fingerprint density at radius 3 is 1.69 bits per heavy atom. The number of β-amino-alcohol motifs (C(OH)–C–C–N with tert-alkyl or cyclic N) is 2. The van der Waals surface area contributed by atoms with Crippen LogP contribution in [0.5, 0.6) is 23.0 Å². The minimum absolute atomic E-state index is 0.302. The Bertz CT molecular complexity index is 1180. The quantitative estimate of drug-likeness (QED) is 0.531. The lowest BCUT2D eigenvalue weighted by atomic mass is 9.95. The Kier molecular flexibility index (Phi) is 6.46. The van der Waals surface area contributed by atoms with Crippen LogP contribution >= 0.6 is 0 Å². The third-order valence-corrected chi connectivity index (χ3v) is 6.81. The summed E-state index contributed by atoms with van der Waals surface area (Å²) >= 11 is 0. The Hall–Kier alpha value is -3.76. The zero-order chi connectivity index (χ0) is 25.4. The van der Waals surface area contributed by atoms with E-state index in [1.165, 1.54) is 0 Å². The van der Waals surface area contributed by atoms with Gasteiger partial charge in [-0.2, -0.15) is 4.98 Å². The number of aliphatic hydroxyl groups is 2. The van der Waals surface area contributed by atoms with Crippen LogP contribution in [0.15, 0.2) is 36.5 Å². The van der Waals surface area contributed by atoms with Crippen molar-refractivity contribution in [2.45, 2.75) is 25.3 Å². The van der Waals surface area contributed by atoms with E-state index in [2.05, 4.69) is 4.98 Å². The first-order valence-corrected chi connectivity index (χ1v) is 11.7. The molecule has 2 aromatic carbocycles. The summed E-state index contributed by atoms with van der Waals surface area (Å²) in [6.45, 7) is 1.58. The van der Waals surface area contributed by atoms with Crippen molar-refractivity contribution in [2.24, 2.45) is 0 Å². The summed E-state index contributed by atoms with van der Waals surface area (Å²) in [4.78, 5) is 13.2. The number of anilines is 2. The van der Waals surface area contributed by atoms with Crippen LogP contribution in [0.1, 0.15) is 34.5 Å². The number of fused-ring (bicyclic) bond motifs is 2. The lowest BCUT2D eigenvalue weighted by molar-refractivity contribution is 0.169. The first-order chi connectivity index (χ1) is 17.5. The number of hydrogen-bond donors (Lipinski definition) is 2. The second-order valence-electron chi connectivity index (χ2n) is 8.73. The van der Waals surface area contributed by atoms with E-state index in [-0.39, 0.29) is 0 Å². The molecule has 0 saturated carbocycles. The lowest BCUT2D eigenvalue weighted by Gasteiger charge is -2.36. The Morgan fingerprint density at radius 1 is 0.694 bits per heavy atom. The van der Waals surface area contributed by atoms with Crippen LogP contribution in [0.4, 0.5) is 11.8 Å². The number of aliphatic hydroxyl groups excluding tert-OH is 2. The highest BCUT2D eigenvalue weighted by Gasteiger charge is 2.33. The molecule has 1 aromatic heterocycles. The normalized spacial score (nSPS) is 18.8. The van der Waals surface area contributed by atoms with E-state index in [1.54, 1.807) is 40.7 Å². The van der Waals surface area contributed by atoms with Crippen molar-refractivity contribution in [3.05, 3.63) is 58.8 Å². The van der Waals surface area contributed by atoms with Gasteiger partial charge in [0.25, 0.3) is 0 Å². The molecule has 36 heavy (non-hydrogen) atoms. The summed E-state index contributed by atoms with van der Waals surface area (Å²) < 4.78 is 22.1. The maximum Gasteiger partial charge on any atom is 0.227 e. The van der Waals surface area contributed by atoms with E-state index >= 15 is 0 Å². The van der Waals surface area contributed by atoms with Gasteiger partial charge in [-0.15, -0.1) is 0 Å². The van der Waals surface area contributed by atoms with Crippen LogP contribution in [-0.2, 0) is 13.1 Å². The fourth-order valence-electron chi connectivity index (χ4n) is 5.15. The van der Waals surface area contributed by atoms with Gasteiger partial charge >= 0.3 is 0 Å². The topological polar surface area (TPSA) is 110 Å². The number of methoxy groups -OCH3 is 4. The number of aromatic nitrogens is 2. The number of nitrogens with zero attached hydrogens (tertiary/aromatic N) is 4. The summed E-state index contributed by atoms with van der Waals surface area (Å²) in [6.07, 6.45) is 0.108. The SMILES string of the molecule is COc1ccc(OC)c2c1CN(c1ccnc(N3Cc4c(OC)ccc(OC)c4C(O)C3)n1)CC2O. The second-order valence-corrected chi connectivity index (χ2v) is 8.73. The monoisotopic (exact) mass is 494 g/mol. The Labute approximate surface area is 209 Å². The molecule has 0 bridgehead atoms. The van der Waals surface area contributed by atoms with Crippen molar-refractivity contribution >= 4 is 11.8 Å². The molecular formula is C26H30N4O6. The molecule has 0 amide bonds. The van der Waals surface area contributed by atoms with E-state index in [0.29, 0.717) is 60.9 Å². The van der Waals surface area contributed by atoms with E-state index in [9.17, 15) is 10.2 Å².